The van der Waals surface area contributed by atoms with E-state index in [0.29, 0.717) is 42.9 Å². The number of alkyl halides is 1. The van der Waals surface area contributed by atoms with Gasteiger partial charge in [0.15, 0.2) is 0 Å². The molecule has 3 aliphatic heterocycles. The molecule has 2 bridgehead atoms. The van der Waals surface area contributed by atoms with Crippen LogP contribution >= 0.6 is 27.5 Å². The number of allylic oxidation sites excluding steroid dienone is 1. The fraction of sp³-hybridized carbons (Fsp3) is 0.576. The molecule has 4 rings (SSSR count). The number of ether oxygens (including phenoxy) is 2. The number of likely N-dealkylation sites (tertiary alicyclic amines) is 1. The van der Waals surface area contributed by atoms with Gasteiger partial charge in [0.1, 0.15) is 17.7 Å². The van der Waals surface area contributed by atoms with Gasteiger partial charge >= 0.3 is 5.97 Å². The highest BCUT2D eigenvalue weighted by atomic mass is 79.9. The number of aliphatic hydroxyl groups excluding tert-OH is 1. The average Bonchev–Trinajstić information content (AvgIpc) is 3.61. The second-order valence-corrected chi connectivity index (χ2v) is 13.5. The van der Waals surface area contributed by atoms with Crippen LogP contribution in [0.15, 0.2) is 49.6 Å². The number of hydrogen-bond acceptors (Lipinski definition) is 7. The van der Waals surface area contributed by atoms with Crippen LogP contribution in [-0.4, -0.2) is 88.6 Å². The first-order valence-corrected chi connectivity index (χ1v) is 16.9. The number of benzene rings is 1. The molecule has 1 aromatic carbocycles. The average molecular weight is 709 g/mol. The number of fused-ring (bicyclic) bond motifs is 1. The molecule has 7 atom stereocenters. The molecule has 0 saturated carbocycles. The highest BCUT2D eigenvalue weighted by Gasteiger charge is 2.77. The maximum Gasteiger partial charge on any atom is 0.312 e. The number of anilines is 1. The predicted octanol–water partition coefficient (Wildman–Crippen LogP) is 4.17. The lowest BCUT2D eigenvalue weighted by molar-refractivity contribution is -0.159. The van der Waals surface area contributed by atoms with Crippen LogP contribution in [0.1, 0.15) is 51.9 Å². The summed E-state index contributed by atoms with van der Waals surface area (Å²) in [5.74, 6) is -3.22. The lowest BCUT2D eigenvalue weighted by Crippen LogP contribution is -2.57. The molecule has 0 radical (unpaired) electrons. The number of amides is 3. The van der Waals surface area contributed by atoms with Gasteiger partial charge in [-0.25, -0.2) is 0 Å². The van der Waals surface area contributed by atoms with Gasteiger partial charge in [-0.3, -0.25) is 19.2 Å². The van der Waals surface area contributed by atoms with Gasteiger partial charge in [-0.15, -0.1) is 13.2 Å². The van der Waals surface area contributed by atoms with Crippen molar-refractivity contribution in [1.29, 1.82) is 0 Å². The number of rotatable bonds is 17. The first-order chi connectivity index (χ1) is 21.6. The summed E-state index contributed by atoms with van der Waals surface area (Å²) in [6.07, 6.45) is 6.01. The fourth-order valence-electron chi connectivity index (χ4n) is 6.78. The van der Waals surface area contributed by atoms with Gasteiger partial charge in [0.25, 0.3) is 5.91 Å². The molecule has 3 heterocycles. The monoisotopic (exact) mass is 707 g/mol. The van der Waals surface area contributed by atoms with Crippen LogP contribution < -0.4 is 10.2 Å². The minimum atomic E-state index is -1.24. The second-order valence-electron chi connectivity index (χ2n) is 11.9. The second kappa shape index (κ2) is 15.7. The Balaban J connectivity index is 1.62. The van der Waals surface area contributed by atoms with Crippen molar-refractivity contribution in [2.45, 2.75) is 80.5 Å². The number of esters is 1. The SMILES string of the molecule is C=CCCC(=O)NC[C@@H](C)OC(=O)[C@H]1[C@@H]2O[C@@]3(CC2Br)[C@@H]1C(=O)N(CCCCCCO)[C@@H]3C(=O)N(CC=C)c1ccc(Cl)cc1. The van der Waals surface area contributed by atoms with Crippen molar-refractivity contribution in [3.8, 4) is 0 Å². The van der Waals surface area contributed by atoms with Crippen molar-refractivity contribution in [2.75, 3.05) is 31.1 Å². The van der Waals surface area contributed by atoms with Crippen molar-refractivity contribution < 1.29 is 33.8 Å². The van der Waals surface area contributed by atoms with E-state index in [4.69, 9.17) is 21.1 Å². The maximum absolute atomic E-state index is 14.6. The molecule has 1 aromatic rings. The summed E-state index contributed by atoms with van der Waals surface area (Å²) in [5.41, 5.74) is -0.641. The molecule has 3 saturated heterocycles. The first kappa shape index (κ1) is 35.1. The van der Waals surface area contributed by atoms with E-state index >= 15 is 0 Å². The normalized spacial score (nSPS) is 27.2. The fourth-order valence-corrected chi connectivity index (χ4v) is 7.85. The zero-order valence-corrected chi connectivity index (χ0v) is 28.0. The molecule has 1 spiro atoms. The molecule has 0 aromatic heterocycles. The molecule has 0 aliphatic carbocycles. The smallest absolute Gasteiger partial charge is 0.312 e. The molecule has 3 fully saturated rings. The van der Waals surface area contributed by atoms with E-state index in [1.165, 1.54) is 0 Å². The minimum Gasteiger partial charge on any atom is -0.460 e. The van der Waals surface area contributed by atoms with E-state index in [1.807, 2.05) is 0 Å². The molecule has 3 amide bonds. The molecule has 45 heavy (non-hydrogen) atoms. The zero-order chi connectivity index (χ0) is 32.7. The largest absolute Gasteiger partial charge is 0.460 e. The van der Waals surface area contributed by atoms with Crippen molar-refractivity contribution in [2.24, 2.45) is 11.8 Å². The summed E-state index contributed by atoms with van der Waals surface area (Å²) in [7, 11) is 0. The molecular weight excluding hydrogens is 666 g/mol. The Hall–Kier alpha value is -2.73. The Bertz CT molecular complexity index is 1260. The quantitative estimate of drug-likeness (QED) is 0.108. The van der Waals surface area contributed by atoms with Gasteiger partial charge in [0, 0.05) is 41.7 Å². The summed E-state index contributed by atoms with van der Waals surface area (Å²) in [6, 6.07) is 5.90. The Morgan fingerprint density at radius 1 is 1.22 bits per heavy atom. The Morgan fingerprint density at radius 2 is 1.93 bits per heavy atom. The highest BCUT2D eigenvalue weighted by Crippen LogP contribution is 2.60. The van der Waals surface area contributed by atoms with Gasteiger partial charge in [0.05, 0.1) is 24.5 Å². The lowest BCUT2D eigenvalue weighted by atomic mass is 9.70. The number of halogens is 2. The zero-order valence-electron chi connectivity index (χ0n) is 25.7. The third kappa shape index (κ3) is 7.48. The maximum atomic E-state index is 14.6. The molecule has 1 unspecified atom stereocenters. The number of aliphatic hydroxyl groups is 1. The number of hydrogen-bond donors (Lipinski definition) is 2. The van der Waals surface area contributed by atoms with Crippen LogP contribution in [0.4, 0.5) is 5.69 Å². The Morgan fingerprint density at radius 3 is 2.60 bits per heavy atom. The summed E-state index contributed by atoms with van der Waals surface area (Å²) < 4.78 is 12.4. The van der Waals surface area contributed by atoms with E-state index in [1.54, 1.807) is 53.1 Å². The van der Waals surface area contributed by atoms with Crippen molar-refractivity contribution in [3.63, 3.8) is 0 Å². The van der Waals surface area contributed by atoms with Crippen molar-refractivity contribution >= 4 is 56.9 Å². The van der Waals surface area contributed by atoms with Crippen LogP contribution in [0.25, 0.3) is 0 Å². The Labute approximate surface area is 278 Å². The first-order valence-electron chi connectivity index (χ1n) is 15.6. The summed E-state index contributed by atoms with van der Waals surface area (Å²) in [5, 5.41) is 12.5. The molecule has 12 heteroatoms. The topological polar surface area (TPSA) is 125 Å². The summed E-state index contributed by atoms with van der Waals surface area (Å²) in [6.45, 7) is 9.85. The highest BCUT2D eigenvalue weighted by molar-refractivity contribution is 9.09. The number of unbranched alkanes of at least 4 members (excludes halogenated alkanes) is 3. The molecule has 246 valence electrons. The van der Waals surface area contributed by atoms with E-state index in [9.17, 15) is 24.3 Å². The van der Waals surface area contributed by atoms with Gasteiger partial charge in [-0.05, 0) is 56.9 Å². The Kier molecular flexibility index (Phi) is 12.3. The molecule has 10 nitrogen and oxygen atoms in total. The van der Waals surface area contributed by atoms with Crippen LogP contribution in [-0.2, 0) is 28.7 Å². The van der Waals surface area contributed by atoms with Gasteiger partial charge < -0.3 is 29.7 Å². The van der Waals surface area contributed by atoms with Crippen LogP contribution in [0, 0.1) is 11.8 Å². The van der Waals surface area contributed by atoms with Crippen LogP contribution in [0.3, 0.4) is 0 Å². The number of nitrogens with one attached hydrogen (secondary N) is 1. The minimum absolute atomic E-state index is 0.0924. The van der Waals surface area contributed by atoms with E-state index in [2.05, 4.69) is 34.4 Å². The summed E-state index contributed by atoms with van der Waals surface area (Å²) in [4.78, 5) is 57.5. The number of carbonyl (C=O) groups excluding carboxylic acids is 4. The van der Waals surface area contributed by atoms with E-state index < -0.39 is 41.7 Å². The van der Waals surface area contributed by atoms with Crippen molar-refractivity contribution in [3.05, 3.63) is 54.6 Å². The number of nitrogens with zero attached hydrogens (tertiary/aromatic N) is 2. The lowest BCUT2D eigenvalue weighted by Gasteiger charge is -2.37. The molecular formula is C33H43BrClN3O7. The third-order valence-electron chi connectivity index (χ3n) is 8.80. The van der Waals surface area contributed by atoms with Crippen molar-refractivity contribution in [1.82, 2.24) is 10.2 Å². The van der Waals surface area contributed by atoms with E-state index in [0.717, 1.165) is 12.8 Å². The van der Waals surface area contributed by atoms with Crippen LogP contribution in [0.5, 0.6) is 0 Å². The molecule has 3 aliphatic rings. The summed E-state index contributed by atoms with van der Waals surface area (Å²) >= 11 is 9.81. The van der Waals surface area contributed by atoms with Gasteiger partial charge in [0.2, 0.25) is 11.8 Å². The van der Waals surface area contributed by atoms with Gasteiger partial charge in [-0.1, -0.05) is 52.5 Å². The third-order valence-corrected chi connectivity index (χ3v) is 9.89. The van der Waals surface area contributed by atoms with Crippen LogP contribution in [0.2, 0.25) is 5.02 Å². The standard InChI is InChI=1S/C33H43BrClN3O7/c1-4-6-11-25(40)36-20-21(3)44-32(43)26-27-30(41)38(17-9-7-8-10-18-39)29(33(27)19-24(34)28(26)45-33)31(42)37(16-5-2)23-14-12-22(35)13-15-23/h4-5,12-15,21,24,26-29,39H,1-2,6-11,16-20H2,3H3,(H,36,40)/t21-,24?,26-,27+,28-,29-,33+/m1/s1. The predicted molar refractivity (Wildman–Crippen MR) is 175 cm³/mol. The number of carbonyl (C=O) groups is 4. The van der Waals surface area contributed by atoms with Gasteiger partial charge in [-0.2, -0.15) is 0 Å². The van der Waals surface area contributed by atoms with E-state index in [-0.39, 0.29) is 48.7 Å². The molecule has 2 N–H and O–H groups in total.